The molecule has 0 aliphatic carbocycles. The van der Waals surface area contributed by atoms with Crippen LogP contribution in [-0.4, -0.2) is 19.7 Å². The number of pyridine rings is 1. The third-order valence-electron chi connectivity index (χ3n) is 1.88. The Labute approximate surface area is 115 Å². The fourth-order valence-electron chi connectivity index (χ4n) is 1.01. The van der Waals surface area contributed by atoms with Gasteiger partial charge in [0.25, 0.3) is 0 Å². The summed E-state index contributed by atoms with van der Waals surface area (Å²) in [7, 11) is 1.58. The van der Waals surface area contributed by atoms with Gasteiger partial charge < -0.3 is 0 Å². The molecule has 0 spiro atoms. The number of rotatable bonds is 2. The molecule has 0 atom stereocenters. The standard InChI is InChI=1S/C8H5Cl3N4OS/c1-15-7(16)13-14-8(15)17-6-4(10)2-3(9)5(11)12-6/h2H,1H3,(H,13,16). The van der Waals surface area contributed by atoms with Gasteiger partial charge in [0.1, 0.15) is 10.2 Å². The quantitative estimate of drug-likeness (QED) is 0.866. The van der Waals surface area contributed by atoms with E-state index in [0.29, 0.717) is 15.2 Å². The lowest BCUT2D eigenvalue weighted by molar-refractivity contribution is 0.765. The number of hydrogen-bond acceptors (Lipinski definition) is 4. The van der Waals surface area contributed by atoms with Crippen LogP contribution < -0.4 is 5.69 Å². The summed E-state index contributed by atoms with van der Waals surface area (Å²) >= 11 is 18.6. The number of aromatic nitrogens is 4. The topological polar surface area (TPSA) is 63.6 Å². The minimum Gasteiger partial charge on any atom is -0.273 e. The number of nitrogens with zero attached hydrogens (tertiary/aromatic N) is 3. The predicted molar refractivity (Wildman–Crippen MR) is 67.2 cm³/mol. The number of nitrogens with one attached hydrogen (secondary N) is 1. The molecule has 0 aliphatic rings. The van der Waals surface area contributed by atoms with E-state index in [1.54, 1.807) is 7.05 Å². The van der Waals surface area contributed by atoms with E-state index in [1.165, 1.54) is 10.6 Å². The molecular weight excluding hydrogens is 307 g/mol. The highest BCUT2D eigenvalue weighted by Gasteiger charge is 2.13. The van der Waals surface area contributed by atoms with Gasteiger partial charge in [-0.05, 0) is 17.8 Å². The molecule has 0 saturated carbocycles. The van der Waals surface area contributed by atoms with Crippen LogP contribution >= 0.6 is 46.6 Å². The first-order valence-electron chi connectivity index (χ1n) is 4.30. The maximum absolute atomic E-state index is 11.2. The lowest BCUT2D eigenvalue weighted by Gasteiger charge is -2.03. The first kappa shape index (κ1) is 12.8. The molecule has 0 radical (unpaired) electrons. The number of aromatic amines is 1. The molecule has 2 aromatic heterocycles. The molecule has 0 unspecified atom stereocenters. The smallest absolute Gasteiger partial charge is 0.273 e. The second kappa shape index (κ2) is 4.89. The second-order valence-corrected chi connectivity index (χ2v) is 5.15. The highest BCUT2D eigenvalue weighted by atomic mass is 35.5. The fraction of sp³-hybridized carbons (Fsp3) is 0.125. The first-order chi connectivity index (χ1) is 7.99. The van der Waals surface area contributed by atoms with E-state index in [4.69, 9.17) is 34.8 Å². The maximum Gasteiger partial charge on any atom is 0.343 e. The molecule has 2 aromatic rings. The van der Waals surface area contributed by atoms with Gasteiger partial charge in [-0.25, -0.2) is 14.9 Å². The van der Waals surface area contributed by atoms with Gasteiger partial charge in [0, 0.05) is 7.05 Å². The lowest BCUT2D eigenvalue weighted by Crippen LogP contribution is -2.12. The van der Waals surface area contributed by atoms with Crippen LogP contribution in [0.2, 0.25) is 15.2 Å². The predicted octanol–water partition coefficient (Wildman–Crippen LogP) is 2.61. The number of halogens is 3. The van der Waals surface area contributed by atoms with Crippen molar-refractivity contribution in [2.24, 2.45) is 7.05 Å². The Morgan fingerprint density at radius 1 is 1.35 bits per heavy atom. The Bertz CT molecular complexity index is 624. The average molecular weight is 312 g/mol. The van der Waals surface area contributed by atoms with Gasteiger partial charge in [0.2, 0.25) is 0 Å². The van der Waals surface area contributed by atoms with Crippen molar-refractivity contribution in [3.05, 3.63) is 31.7 Å². The normalized spacial score (nSPS) is 10.8. The van der Waals surface area contributed by atoms with Gasteiger partial charge in [-0.2, -0.15) is 0 Å². The van der Waals surface area contributed by atoms with Gasteiger partial charge in [-0.15, -0.1) is 5.10 Å². The molecule has 0 aliphatic heterocycles. The van der Waals surface area contributed by atoms with Gasteiger partial charge in [-0.3, -0.25) is 4.57 Å². The van der Waals surface area contributed by atoms with Crippen molar-refractivity contribution in [3.8, 4) is 0 Å². The summed E-state index contributed by atoms with van der Waals surface area (Å²) in [6, 6.07) is 1.49. The van der Waals surface area contributed by atoms with Crippen LogP contribution in [0, 0.1) is 0 Å². The third-order valence-corrected chi connectivity index (χ3v) is 4.01. The molecule has 0 fully saturated rings. The molecule has 17 heavy (non-hydrogen) atoms. The maximum atomic E-state index is 11.2. The molecular formula is C8H5Cl3N4OS. The van der Waals surface area contributed by atoms with Gasteiger partial charge >= 0.3 is 5.69 Å². The highest BCUT2D eigenvalue weighted by molar-refractivity contribution is 7.99. The zero-order valence-electron chi connectivity index (χ0n) is 8.37. The summed E-state index contributed by atoms with van der Waals surface area (Å²) in [4.78, 5) is 15.2. The summed E-state index contributed by atoms with van der Waals surface area (Å²) in [6.45, 7) is 0. The molecule has 0 bridgehead atoms. The first-order valence-corrected chi connectivity index (χ1v) is 6.25. The summed E-state index contributed by atoms with van der Waals surface area (Å²) in [5.41, 5.74) is -0.316. The Morgan fingerprint density at radius 2 is 2.06 bits per heavy atom. The van der Waals surface area contributed by atoms with Crippen molar-refractivity contribution < 1.29 is 0 Å². The van der Waals surface area contributed by atoms with E-state index >= 15 is 0 Å². The van der Waals surface area contributed by atoms with Gasteiger partial charge in [0.05, 0.1) is 10.0 Å². The van der Waals surface area contributed by atoms with Crippen LogP contribution in [0.3, 0.4) is 0 Å². The molecule has 0 saturated heterocycles. The van der Waals surface area contributed by atoms with E-state index in [9.17, 15) is 4.79 Å². The van der Waals surface area contributed by atoms with Crippen molar-refractivity contribution in [3.63, 3.8) is 0 Å². The minimum absolute atomic E-state index is 0.152. The fourth-order valence-corrected chi connectivity index (χ4v) is 2.45. The molecule has 1 N–H and O–H groups in total. The zero-order valence-corrected chi connectivity index (χ0v) is 11.5. The van der Waals surface area contributed by atoms with Crippen molar-refractivity contribution in [2.45, 2.75) is 10.2 Å². The Hall–Kier alpha value is -0.690. The molecule has 90 valence electrons. The Balaban J connectivity index is 2.40. The van der Waals surface area contributed by atoms with Crippen molar-refractivity contribution in [1.29, 1.82) is 0 Å². The summed E-state index contributed by atoms with van der Waals surface area (Å²) in [6.07, 6.45) is 0. The highest BCUT2D eigenvalue weighted by Crippen LogP contribution is 2.34. The van der Waals surface area contributed by atoms with E-state index < -0.39 is 0 Å². The van der Waals surface area contributed by atoms with Crippen LogP contribution in [-0.2, 0) is 7.05 Å². The van der Waals surface area contributed by atoms with E-state index in [1.807, 2.05) is 0 Å². The largest absolute Gasteiger partial charge is 0.343 e. The molecule has 2 rings (SSSR count). The van der Waals surface area contributed by atoms with Gasteiger partial charge in [0.15, 0.2) is 5.16 Å². The molecule has 2 heterocycles. The van der Waals surface area contributed by atoms with E-state index in [2.05, 4.69) is 15.2 Å². The molecule has 9 heteroatoms. The van der Waals surface area contributed by atoms with Crippen molar-refractivity contribution >= 4 is 46.6 Å². The van der Waals surface area contributed by atoms with Crippen LogP contribution in [0.15, 0.2) is 21.0 Å². The van der Waals surface area contributed by atoms with Crippen LogP contribution in [0.25, 0.3) is 0 Å². The molecule has 5 nitrogen and oxygen atoms in total. The molecule has 0 aromatic carbocycles. The summed E-state index contributed by atoms with van der Waals surface area (Å²) in [5, 5.41) is 7.77. The molecule has 0 amide bonds. The minimum atomic E-state index is -0.316. The second-order valence-electron chi connectivity index (χ2n) is 3.02. The average Bonchev–Trinajstić information content (AvgIpc) is 2.58. The number of H-pyrrole nitrogens is 1. The monoisotopic (exact) mass is 310 g/mol. The van der Waals surface area contributed by atoms with Crippen molar-refractivity contribution in [2.75, 3.05) is 0 Å². The van der Waals surface area contributed by atoms with E-state index in [-0.39, 0.29) is 15.9 Å². The number of hydrogen-bond donors (Lipinski definition) is 1. The Kier molecular flexibility index (Phi) is 3.67. The third kappa shape index (κ3) is 2.60. The SMILES string of the molecule is Cn1c(Sc2nc(Cl)c(Cl)cc2Cl)n[nH]c1=O. The van der Waals surface area contributed by atoms with Crippen molar-refractivity contribution in [1.82, 2.24) is 19.7 Å². The van der Waals surface area contributed by atoms with Crippen LogP contribution in [0.4, 0.5) is 0 Å². The summed E-state index contributed by atoms with van der Waals surface area (Å²) in [5.74, 6) is 0. The summed E-state index contributed by atoms with van der Waals surface area (Å²) < 4.78 is 1.34. The van der Waals surface area contributed by atoms with Crippen LogP contribution in [0.5, 0.6) is 0 Å². The zero-order chi connectivity index (χ0) is 12.6. The Morgan fingerprint density at radius 3 is 2.65 bits per heavy atom. The lowest BCUT2D eigenvalue weighted by atomic mass is 10.5. The van der Waals surface area contributed by atoms with E-state index in [0.717, 1.165) is 11.8 Å². The van der Waals surface area contributed by atoms with Gasteiger partial charge in [-0.1, -0.05) is 34.8 Å². The van der Waals surface area contributed by atoms with Crippen LogP contribution in [0.1, 0.15) is 0 Å².